The highest BCUT2D eigenvalue weighted by atomic mass is 35.5. The SMILES string of the molecule is Cc1cc(C(=O)COC(=O)c2c(Cl)nc3sccn23)c(C)n1-c1cccc(F)c1. The molecule has 9 heteroatoms. The van der Waals surface area contributed by atoms with Crippen LogP contribution in [0.4, 0.5) is 4.39 Å². The van der Waals surface area contributed by atoms with Crippen molar-refractivity contribution in [2.24, 2.45) is 0 Å². The first-order valence-electron chi connectivity index (χ1n) is 8.63. The summed E-state index contributed by atoms with van der Waals surface area (Å²) >= 11 is 7.35. The number of Topliss-reactive ketones (excluding diaryl/α,β-unsaturated/α-hetero) is 1. The number of hydrogen-bond donors (Lipinski definition) is 0. The van der Waals surface area contributed by atoms with Crippen molar-refractivity contribution >= 4 is 39.7 Å². The van der Waals surface area contributed by atoms with Crippen molar-refractivity contribution in [1.29, 1.82) is 0 Å². The van der Waals surface area contributed by atoms with Crippen LogP contribution in [0.5, 0.6) is 0 Å². The maximum atomic E-state index is 13.6. The molecule has 0 aliphatic rings. The Morgan fingerprint density at radius 3 is 2.83 bits per heavy atom. The molecule has 0 fully saturated rings. The van der Waals surface area contributed by atoms with Gasteiger partial charge in [-0.3, -0.25) is 9.20 Å². The van der Waals surface area contributed by atoms with E-state index in [4.69, 9.17) is 16.3 Å². The van der Waals surface area contributed by atoms with Crippen molar-refractivity contribution in [3.63, 3.8) is 0 Å². The van der Waals surface area contributed by atoms with Crippen LogP contribution in [0.3, 0.4) is 0 Å². The maximum absolute atomic E-state index is 13.6. The summed E-state index contributed by atoms with van der Waals surface area (Å²) in [4.78, 5) is 29.8. The Morgan fingerprint density at radius 2 is 2.07 bits per heavy atom. The van der Waals surface area contributed by atoms with Crippen LogP contribution in [0.15, 0.2) is 41.9 Å². The van der Waals surface area contributed by atoms with E-state index >= 15 is 0 Å². The molecule has 1 aromatic carbocycles. The maximum Gasteiger partial charge on any atom is 0.359 e. The largest absolute Gasteiger partial charge is 0.453 e. The molecule has 29 heavy (non-hydrogen) atoms. The normalized spacial score (nSPS) is 11.2. The molecule has 0 aliphatic carbocycles. The summed E-state index contributed by atoms with van der Waals surface area (Å²) in [7, 11) is 0. The predicted octanol–water partition coefficient (Wildman–Crippen LogP) is 4.64. The summed E-state index contributed by atoms with van der Waals surface area (Å²) in [5, 5.41) is 1.79. The smallest absolute Gasteiger partial charge is 0.359 e. The molecule has 6 nitrogen and oxygen atoms in total. The number of aryl methyl sites for hydroxylation is 1. The summed E-state index contributed by atoms with van der Waals surface area (Å²) < 4.78 is 22.1. The quantitative estimate of drug-likeness (QED) is 0.341. The molecule has 0 unspecified atom stereocenters. The second-order valence-electron chi connectivity index (χ2n) is 6.41. The van der Waals surface area contributed by atoms with E-state index in [2.05, 4.69) is 4.98 Å². The Morgan fingerprint density at radius 1 is 1.28 bits per heavy atom. The molecule has 0 spiro atoms. The predicted molar refractivity (Wildman–Crippen MR) is 108 cm³/mol. The Labute approximate surface area is 174 Å². The monoisotopic (exact) mass is 431 g/mol. The highest BCUT2D eigenvalue weighted by molar-refractivity contribution is 7.15. The molecule has 3 heterocycles. The van der Waals surface area contributed by atoms with Gasteiger partial charge in [0.1, 0.15) is 5.82 Å². The molecular formula is C20H15ClFN3O3S. The fourth-order valence-corrected chi connectivity index (χ4v) is 4.29. The van der Waals surface area contributed by atoms with Crippen LogP contribution in [0.2, 0.25) is 5.15 Å². The zero-order valence-corrected chi connectivity index (χ0v) is 17.1. The molecule has 0 aliphatic heterocycles. The first-order chi connectivity index (χ1) is 13.9. The van der Waals surface area contributed by atoms with E-state index in [0.29, 0.717) is 21.9 Å². The highest BCUT2D eigenvalue weighted by Gasteiger charge is 2.23. The number of rotatable bonds is 5. The molecule has 0 saturated heterocycles. The van der Waals surface area contributed by atoms with E-state index in [1.807, 2.05) is 6.92 Å². The van der Waals surface area contributed by atoms with Gasteiger partial charge in [-0.25, -0.2) is 14.2 Å². The number of benzene rings is 1. The lowest BCUT2D eigenvalue weighted by atomic mass is 10.1. The standard InChI is InChI=1S/C20H15ClFN3O3S/c1-11-8-15(12(2)25(11)14-5-3-4-13(22)9-14)16(26)10-28-19(27)17-18(21)23-20-24(17)6-7-29-20/h3-9H,10H2,1-2H3. The second kappa shape index (κ2) is 7.46. The second-order valence-corrected chi connectivity index (χ2v) is 7.64. The van der Waals surface area contributed by atoms with Gasteiger partial charge in [-0.15, -0.1) is 11.3 Å². The third kappa shape index (κ3) is 3.45. The molecule has 148 valence electrons. The Hall–Kier alpha value is -2.97. The van der Waals surface area contributed by atoms with Crippen molar-refractivity contribution < 1.29 is 18.7 Å². The van der Waals surface area contributed by atoms with Crippen molar-refractivity contribution in [1.82, 2.24) is 14.0 Å². The number of imidazole rings is 1. The van der Waals surface area contributed by atoms with E-state index in [9.17, 15) is 14.0 Å². The minimum Gasteiger partial charge on any atom is -0.453 e. The average Bonchev–Trinajstić information content (AvgIpc) is 3.32. The summed E-state index contributed by atoms with van der Waals surface area (Å²) in [6.45, 7) is 3.13. The van der Waals surface area contributed by atoms with Gasteiger partial charge in [-0.2, -0.15) is 0 Å². The fourth-order valence-electron chi connectivity index (χ4n) is 3.28. The average molecular weight is 432 g/mol. The van der Waals surface area contributed by atoms with Crippen molar-refractivity contribution in [3.8, 4) is 5.69 Å². The molecule has 0 radical (unpaired) electrons. The van der Waals surface area contributed by atoms with Crippen LogP contribution in [0.25, 0.3) is 10.6 Å². The van der Waals surface area contributed by atoms with Crippen LogP contribution in [-0.4, -0.2) is 32.3 Å². The number of halogens is 2. The van der Waals surface area contributed by atoms with Crippen molar-refractivity contribution in [2.75, 3.05) is 6.61 Å². The minimum atomic E-state index is -0.729. The lowest BCUT2D eigenvalue weighted by Gasteiger charge is -2.10. The third-order valence-electron chi connectivity index (χ3n) is 4.55. The van der Waals surface area contributed by atoms with E-state index < -0.39 is 12.6 Å². The molecule has 4 rings (SSSR count). The van der Waals surface area contributed by atoms with E-state index in [1.165, 1.54) is 27.9 Å². The number of carbonyl (C=O) groups is 2. The molecule has 0 amide bonds. The van der Waals surface area contributed by atoms with Gasteiger partial charge < -0.3 is 9.30 Å². The number of aromatic nitrogens is 3. The summed E-state index contributed by atoms with van der Waals surface area (Å²) in [5.41, 5.74) is 2.50. The number of esters is 1. The van der Waals surface area contributed by atoms with Crippen LogP contribution in [-0.2, 0) is 4.74 Å². The number of ether oxygens (including phenoxy) is 1. The molecule has 0 N–H and O–H groups in total. The summed E-state index contributed by atoms with van der Waals surface area (Å²) in [6.07, 6.45) is 1.66. The Balaban J connectivity index is 1.55. The number of hydrogen-bond acceptors (Lipinski definition) is 5. The van der Waals surface area contributed by atoms with Gasteiger partial charge in [0.05, 0.1) is 0 Å². The van der Waals surface area contributed by atoms with Gasteiger partial charge in [-0.1, -0.05) is 17.7 Å². The molecular weight excluding hydrogens is 417 g/mol. The van der Waals surface area contributed by atoms with E-state index in [1.54, 1.807) is 41.3 Å². The van der Waals surface area contributed by atoms with Crippen LogP contribution in [0, 0.1) is 19.7 Å². The number of fused-ring (bicyclic) bond motifs is 1. The van der Waals surface area contributed by atoms with Gasteiger partial charge in [0.15, 0.2) is 22.4 Å². The summed E-state index contributed by atoms with van der Waals surface area (Å²) in [6, 6.07) is 7.80. The third-order valence-corrected chi connectivity index (χ3v) is 5.57. The van der Waals surface area contributed by atoms with E-state index in [0.717, 1.165) is 5.69 Å². The van der Waals surface area contributed by atoms with Gasteiger partial charge >= 0.3 is 5.97 Å². The molecule has 0 saturated carbocycles. The number of nitrogens with zero attached hydrogens (tertiary/aromatic N) is 3. The first-order valence-corrected chi connectivity index (χ1v) is 9.89. The van der Waals surface area contributed by atoms with E-state index in [-0.39, 0.29) is 22.4 Å². The van der Waals surface area contributed by atoms with Gasteiger partial charge in [0, 0.05) is 34.2 Å². The van der Waals surface area contributed by atoms with Crippen LogP contribution in [0.1, 0.15) is 32.2 Å². The molecule has 0 bridgehead atoms. The highest BCUT2D eigenvalue weighted by Crippen LogP contribution is 2.24. The first kappa shape index (κ1) is 19.4. The fraction of sp³-hybridized carbons (Fsp3) is 0.150. The van der Waals surface area contributed by atoms with Gasteiger partial charge in [-0.05, 0) is 38.1 Å². The number of thiazole rings is 1. The minimum absolute atomic E-state index is 0.0265. The number of ketones is 1. The number of carbonyl (C=O) groups excluding carboxylic acids is 2. The molecule has 3 aromatic heterocycles. The Bertz CT molecular complexity index is 1260. The van der Waals surface area contributed by atoms with Crippen LogP contribution < -0.4 is 0 Å². The molecule has 4 aromatic rings. The zero-order valence-electron chi connectivity index (χ0n) is 15.5. The lowest BCUT2D eigenvalue weighted by molar-refractivity contribution is 0.0468. The lowest BCUT2D eigenvalue weighted by Crippen LogP contribution is -2.16. The summed E-state index contributed by atoms with van der Waals surface area (Å²) in [5.74, 6) is -1.46. The zero-order chi connectivity index (χ0) is 20.7. The van der Waals surface area contributed by atoms with Gasteiger partial charge in [0.25, 0.3) is 0 Å². The Kier molecular flexibility index (Phi) is 4.97. The van der Waals surface area contributed by atoms with Crippen molar-refractivity contribution in [2.45, 2.75) is 13.8 Å². The van der Waals surface area contributed by atoms with Crippen LogP contribution >= 0.6 is 22.9 Å². The topological polar surface area (TPSA) is 65.6 Å². The molecule has 0 atom stereocenters. The van der Waals surface area contributed by atoms with Crippen molar-refractivity contribution in [3.05, 3.63) is 75.5 Å². The van der Waals surface area contributed by atoms with Gasteiger partial charge in [0.2, 0.25) is 5.78 Å².